The van der Waals surface area contributed by atoms with Crippen LogP contribution in [0.1, 0.15) is 10.6 Å². The van der Waals surface area contributed by atoms with Gasteiger partial charge in [-0.3, -0.25) is 0 Å². The molecule has 4 nitrogen and oxygen atoms in total. The van der Waals surface area contributed by atoms with Gasteiger partial charge in [0.25, 0.3) is 0 Å². The van der Waals surface area contributed by atoms with Crippen LogP contribution in [0.25, 0.3) is 0 Å². The Balaban J connectivity index is 2.31. The second kappa shape index (κ2) is 4.66. The van der Waals surface area contributed by atoms with Crippen LogP contribution >= 0.6 is 11.6 Å². The molecule has 0 bridgehead atoms. The Morgan fingerprint density at radius 3 is 2.61 bits per heavy atom. The molecule has 0 unspecified atom stereocenters. The first-order chi connectivity index (χ1) is 8.47. The molecule has 0 aliphatic heterocycles. The molecule has 1 aromatic heterocycles. The Morgan fingerprint density at radius 2 is 2.06 bits per heavy atom. The lowest BCUT2D eigenvalue weighted by atomic mass is 10.3. The molecule has 18 heavy (non-hydrogen) atoms. The van der Waals surface area contributed by atoms with Gasteiger partial charge in [-0.25, -0.2) is 13.6 Å². The van der Waals surface area contributed by atoms with Gasteiger partial charge in [-0.1, -0.05) is 11.6 Å². The predicted molar refractivity (Wildman–Crippen MR) is 60.3 cm³/mol. The Hall–Kier alpha value is -2.08. The zero-order chi connectivity index (χ0) is 13.3. The molecule has 7 heteroatoms. The maximum Gasteiger partial charge on any atom is 0.371 e. The van der Waals surface area contributed by atoms with Crippen molar-refractivity contribution in [3.8, 4) is 0 Å². The van der Waals surface area contributed by atoms with E-state index in [9.17, 15) is 13.6 Å². The summed E-state index contributed by atoms with van der Waals surface area (Å²) in [5.41, 5.74) is -0.190. The molecule has 2 aromatic rings. The third-order valence-corrected chi connectivity index (χ3v) is 2.37. The van der Waals surface area contributed by atoms with E-state index in [1.807, 2.05) is 0 Å². The van der Waals surface area contributed by atoms with E-state index in [2.05, 4.69) is 5.32 Å². The van der Waals surface area contributed by atoms with Crippen LogP contribution in [0.2, 0.25) is 5.02 Å². The molecule has 0 fully saturated rings. The molecule has 2 rings (SSSR count). The van der Waals surface area contributed by atoms with Crippen molar-refractivity contribution in [3.63, 3.8) is 0 Å². The third-order valence-electron chi connectivity index (χ3n) is 2.07. The van der Waals surface area contributed by atoms with Crippen molar-refractivity contribution in [1.82, 2.24) is 0 Å². The van der Waals surface area contributed by atoms with Crippen LogP contribution in [0.5, 0.6) is 0 Å². The predicted octanol–water partition coefficient (Wildman–Crippen LogP) is 3.65. The highest BCUT2D eigenvalue weighted by atomic mass is 35.5. The van der Waals surface area contributed by atoms with Crippen LogP contribution in [0.3, 0.4) is 0 Å². The number of hydrogen-bond donors (Lipinski definition) is 2. The van der Waals surface area contributed by atoms with Crippen molar-refractivity contribution in [2.75, 3.05) is 5.32 Å². The molecule has 0 saturated heterocycles. The quantitative estimate of drug-likeness (QED) is 0.896. The smallest absolute Gasteiger partial charge is 0.371 e. The first-order valence-electron chi connectivity index (χ1n) is 4.72. The van der Waals surface area contributed by atoms with Crippen LogP contribution < -0.4 is 5.32 Å². The number of furan rings is 1. The van der Waals surface area contributed by atoms with Crippen LogP contribution in [-0.2, 0) is 0 Å². The van der Waals surface area contributed by atoms with Gasteiger partial charge in [-0.2, -0.15) is 0 Å². The number of benzene rings is 1. The number of hydrogen-bond acceptors (Lipinski definition) is 3. The number of aromatic carboxylic acids is 1. The van der Waals surface area contributed by atoms with Crippen molar-refractivity contribution < 1.29 is 23.1 Å². The lowest BCUT2D eigenvalue weighted by molar-refractivity contribution is 0.0663. The minimum atomic E-state index is -1.26. The van der Waals surface area contributed by atoms with Gasteiger partial charge in [0.15, 0.2) is 11.7 Å². The standard InChI is InChI=1S/C11H6ClF2NO3/c12-6-3-5(13)4-7(14)10(6)15-9-2-1-8(18-9)11(16)17/h1-4,15H,(H,16,17). The van der Waals surface area contributed by atoms with Crippen molar-refractivity contribution in [1.29, 1.82) is 0 Å². The zero-order valence-electron chi connectivity index (χ0n) is 8.71. The highest BCUT2D eigenvalue weighted by Crippen LogP contribution is 2.30. The molecule has 2 N–H and O–H groups in total. The first kappa shape index (κ1) is 12.4. The van der Waals surface area contributed by atoms with E-state index in [0.717, 1.165) is 6.07 Å². The lowest BCUT2D eigenvalue weighted by Crippen LogP contribution is -1.95. The highest BCUT2D eigenvalue weighted by Gasteiger charge is 2.13. The number of carbonyl (C=O) groups is 1. The molecule has 0 radical (unpaired) electrons. The van der Waals surface area contributed by atoms with Gasteiger partial charge in [0.2, 0.25) is 5.76 Å². The monoisotopic (exact) mass is 273 g/mol. The van der Waals surface area contributed by atoms with E-state index in [1.54, 1.807) is 0 Å². The minimum Gasteiger partial charge on any atom is -0.475 e. The lowest BCUT2D eigenvalue weighted by Gasteiger charge is -2.06. The summed E-state index contributed by atoms with van der Waals surface area (Å²) in [6.45, 7) is 0. The van der Waals surface area contributed by atoms with Crippen LogP contribution in [-0.4, -0.2) is 11.1 Å². The first-order valence-corrected chi connectivity index (χ1v) is 5.10. The number of halogens is 3. The Kier molecular flexibility index (Phi) is 3.20. The van der Waals surface area contributed by atoms with E-state index >= 15 is 0 Å². The average Bonchev–Trinajstić information content (AvgIpc) is 2.71. The molecule has 0 atom stereocenters. The van der Waals surface area contributed by atoms with Gasteiger partial charge in [0, 0.05) is 12.1 Å². The van der Waals surface area contributed by atoms with E-state index < -0.39 is 17.6 Å². The van der Waals surface area contributed by atoms with Gasteiger partial charge >= 0.3 is 5.97 Å². The highest BCUT2D eigenvalue weighted by molar-refractivity contribution is 6.33. The van der Waals surface area contributed by atoms with Gasteiger partial charge < -0.3 is 14.8 Å². The Bertz CT molecular complexity index is 589. The van der Waals surface area contributed by atoms with E-state index in [0.29, 0.717) is 6.07 Å². The van der Waals surface area contributed by atoms with Crippen molar-refractivity contribution >= 4 is 29.1 Å². The molecule has 0 aliphatic rings. The number of carboxylic acids is 1. The van der Waals surface area contributed by atoms with Crippen molar-refractivity contribution in [2.45, 2.75) is 0 Å². The fourth-order valence-corrected chi connectivity index (χ4v) is 1.55. The maximum atomic E-state index is 13.4. The van der Waals surface area contributed by atoms with E-state index in [-0.39, 0.29) is 22.4 Å². The molecule has 0 saturated carbocycles. The van der Waals surface area contributed by atoms with Gasteiger partial charge in [-0.05, 0) is 12.1 Å². The average molecular weight is 274 g/mol. The number of anilines is 2. The fourth-order valence-electron chi connectivity index (χ4n) is 1.30. The van der Waals surface area contributed by atoms with Crippen molar-refractivity contribution in [2.24, 2.45) is 0 Å². The van der Waals surface area contributed by atoms with Crippen LogP contribution in [0.15, 0.2) is 28.7 Å². The largest absolute Gasteiger partial charge is 0.475 e. The number of carboxylic acid groups (broad SMARTS) is 1. The summed E-state index contributed by atoms with van der Waals surface area (Å²) in [5.74, 6) is -3.30. The molecule has 0 amide bonds. The zero-order valence-corrected chi connectivity index (χ0v) is 9.46. The molecular formula is C11H6ClF2NO3. The van der Waals surface area contributed by atoms with Gasteiger partial charge in [-0.15, -0.1) is 0 Å². The Labute approximate surface area is 105 Å². The normalized spacial score (nSPS) is 10.4. The van der Waals surface area contributed by atoms with Gasteiger partial charge in [0.05, 0.1) is 10.7 Å². The summed E-state index contributed by atoms with van der Waals surface area (Å²) in [7, 11) is 0. The number of rotatable bonds is 3. The maximum absolute atomic E-state index is 13.4. The summed E-state index contributed by atoms with van der Waals surface area (Å²) >= 11 is 5.65. The topological polar surface area (TPSA) is 62.5 Å². The fraction of sp³-hybridized carbons (Fsp3) is 0. The summed E-state index contributed by atoms with van der Waals surface area (Å²) in [4.78, 5) is 10.6. The summed E-state index contributed by atoms with van der Waals surface area (Å²) in [5, 5.41) is 10.9. The van der Waals surface area contributed by atoms with E-state index in [1.165, 1.54) is 12.1 Å². The van der Waals surface area contributed by atoms with Gasteiger partial charge in [0.1, 0.15) is 5.82 Å². The summed E-state index contributed by atoms with van der Waals surface area (Å²) < 4.78 is 31.1. The van der Waals surface area contributed by atoms with Crippen molar-refractivity contribution in [3.05, 3.63) is 46.7 Å². The Morgan fingerprint density at radius 1 is 1.33 bits per heavy atom. The molecule has 94 valence electrons. The molecule has 0 spiro atoms. The second-order valence-electron chi connectivity index (χ2n) is 3.34. The molecular weight excluding hydrogens is 268 g/mol. The van der Waals surface area contributed by atoms with Crippen LogP contribution in [0.4, 0.5) is 20.4 Å². The minimum absolute atomic E-state index is 0.0141. The molecule has 1 aromatic carbocycles. The summed E-state index contributed by atoms with van der Waals surface area (Å²) in [6.07, 6.45) is 0. The SMILES string of the molecule is O=C(O)c1ccc(Nc2c(F)cc(F)cc2Cl)o1. The number of nitrogens with one attached hydrogen (secondary N) is 1. The summed E-state index contributed by atoms with van der Waals surface area (Å²) in [6, 6.07) is 4.06. The molecule has 0 aliphatic carbocycles. The third kappa shape index (κ3) is 2.43. The molecule has 1 heterocycles. The van der Waals surface area contributed by atoms with Crippen LogP contribution in [0, 0.1) is 11.6 Å². The second-order valence-corrected chi connectivity index (χ2v) is 3.75. The van der Waals surface area contributed by atoms with E-state index in [4.69, 9.17) is 21.1 Å².